The number of hydrogen-bond acceptors (Lipinski definition) is 7. The van der Waals surface area contributed by atoms with Crippen LogP contribution in [0, 0.1) is 10.1 Å². The van der Waals surface area contributed by atoms with Crippen LogP contribution in [0.3, 0.4) is 0 Å². The Morgan fingerprint density at radius 1 is 1.39 bits per heavy atom. The van der Waals surface area contributed by atoms with E-state index in [1.54, 1.807) is 7.11 Å². The van der Waals surface area contributed by atoms with Crippen molar-refractivity contribution in [1.29, 1.82) is 0 Å². The predicted octanol–water partition coefficient (Wildman–Crippen LogP) is 2.78. The van der Waals surface area contributed by atoms with Gasteiger partial charge < -0.3 is 14.9 Å². The zero-order valence-electron chi connectivity index (χ0n) is 12.2. The highest BCUT2D eigenvalue weighted by molar-refractivity contribution is 8.13. The molecule has 0 bridgehead atoms. The molecule has 2 rings (SSSR count). The number of thioether (sulfide) groups is 1. The van der Waals surface area contributed by atoms with Crippen LogP contribution in [0.15, 0.2) is 51.0 Å². The van der Waals surface area contributed by atoms with Gasteiger partial charge in [-0.15, -0.1) is 5.10 Å². The van der Waals surface area contributed by atoms with Crippen LogP contribution in [0.1, 0.15) is 11.3 Å². The molecule has 0 aliphatic rings. The summed E-state index contributed by atoms with van der Waals surface area (Å²) in [4.78, 5) is 9.84. The van der Waals surface area contributed by atoms with Gasteiger partial charge in [0.1, 0.15) is 10.7 Å². The predicted molar refractivity (Wildman–Crippen MR) is 88.9 cm³/mol. The third-order valence-corrected chi connectivity index (χ3v) is 3.53. The molecule has 0 radical (unpaired) electrons. The fraction of sp³-hybridized carbons (Fsp3) is 0.143. The largest absolute Gasteiger partial charge is 0.497 e. The molecule has 1 aromatic carbocycles. The molecule has 0 saturated heterocycles. The minimum atomic E-state index is -0.625. The zero-order valence-corrected chi connectivity index (χ0v) is 13.0. The summed E-state index contributed by atoms with van der Waals surface area (Å²) < 4.78 is 9.98. The standard InChI is InChI=1S/C14H14N4O4S/c1-21-11-4-2-10(3-5-11)9-23-14(15)17-16-8-12-6-7-13(22-12)18(19)20/h2-8H,9H2,1H3,(H2,15,17)/b16-8+. The fourth-order valence-corrected chi connectivity index (χ4v) is 2.17. The molecule has 23 heavy (non-hydrogen) atoms. The number of methoxy groups -OCH3 is 1. The topological polar surface area (TPSA) is 116 Å². The number of nitro groups is 1. The first kappa shape index (κ1) is 16.6. The average Bonchev–Trinajstić information content (AvgIpc) is 3.02. The molecule has 0 unspecified atom stereocenters. The molecule has 2 N–H and O–H groups in total. The van der Waals surface area contributed by atoms with Crippen molar-refractivity contribution in [2.24, 2.45) is 15.9 Å². The van der Waals surface area contributed by atoms with Gasteiger partial charge in [-0.05, 0) is 23.8 Å². The molecule has 0 fully saturated rings. The Bertz CT molecular complexity index is 725. The average molecular weight is 334 g/mol. The molecule has 0 spiro atoms. The van der Waals surface area contributed by atoms with Crippen molar-refractivity contribution >= 4 is 29.0 Å². The van der Waals surface area contributed by atoms with Crippen molar-refractivity contribution in [3.05, 3.63) is 57.8 Å². The maximum Gasteiger partial charge on any atom is 0.433 e. The Hall–Kier alpha value is -2.81. The lowest BCUT2D eigenvalue weighted by Crippen LogP contribution is -2.06. The van der Waals surface area contributed by atoms with Crippen LogP contribution in [0.4, 0.5) is 5.88 Å². The van der Waals surface area contributed by atoms with E-state index in [1.165, 1.54) is 30.1 Å². The molecule has 0 amide bonds. The van der Waals surface area contributed by atoms with Gasteiger partial charge in [-0.1, -0.05) is 23.9 Å². The zero-order chi connectivity index (χ0) is 16.7. The lowest BCUT2D eigenvalue weighted by atomic mass is 10.2. The molecule has 0 aliphatic heterocycles. The first-order chi connectivity index (χ1) is 11.1. The van der Waals surface area contributed by atoms with Crippen LogP contribution < -0.4 is 10.5 Å². The highest BCUT2D eigenvalue weighted by atomic mass is 32.2. The molecule has 2 aromatic rings. The van der Waals surface area contributed by atoms with Gasteiger partial charge in [0.2, 0.25) is 0 Å². The first-order valence-corrected chi connectivity index (χ1v) is 7.43. The number of rotatable bonds is 6. The van der Waals surface area contributed by atoms with E-state index in [9.17, 15) is 10.1 Å². The third-order valence-electron chi connectivity index (χ3n) is 2.68. The fourth-order valence-electron chi connectivity index (χ4n) is 1.56. The summed E-state index contributed by atoms with van der Waals surface area (Å²) in [6.07, 6.45) is 1.26. The second kappa shape index (κ2) is 7.99. The van der Waals surface area contributed by atoms with E-state index < -0.39 is 4.92 Å². The van der Waals surface area contributed by atoms with Gasteiger partial charge in [0.15, 0.2) is 10.9 Å². The molecule has 0 saturated carbocycles. The number of ether oxygens (including phenoxy) is 1. The van der Waals surface area contributed by atoms with Crippen molar-refractivity contribution < 1.29 is 14.1 Å². The van der Waals surface area contributed by atoms with Crippen molar-refractivity contribution in [1.82, 2.24) is 0 Å². The summed E-state index contributed by atoms with van der Waals surface area (Å²) in [6, 6.07) is 10.3. The van der Waals surface area contributed by atoms with Crippen molar-refractivity contribution in [2.45, 2.75) is 5.75 Å². The van der Waals surface area contributed by atoms with Crippen molar-refractivity contribution in [3.63, 3.8) is 0 Å². The Kier molecular flexibility index (Phi) is 5.75. The summed E-state index contributed by atoms with van der Waals surface area (Å²) in [5.41, 5.74) is 6.80. The van der Waals surface area contributed by atoms with Gasteiger partial charge in [0, 0.05) is 5.75 Å². The summed E-state index contributed by atoms with van der Waals surface area (Å²) in [7, 11) is 1.61. The Balaban J connectivity index is 1.86. The van der Waals surface area contributed by atoms with Gasteiger partial charge in [-0.2, -0.15) is 5.10 Å². The number of nitrogens with two attached hydrogens (primary N) is 1. The van der Waals surface area contributed by atoms with Crippen molar-refractivity contribution in [2.75, 3.05) is 7.11 Å². The second-order valence-corrected chi connectivity index (χ2v) is 5.25. The Labute approximate surface area is 136 Å². The van der Waals surface area contributed by atoms with E-state index in [4.69, 9.17) is 14.9 Å². The minimum Gasteiger partial charge on any atom is -0.497 e. The first-order valence-electron chi connectivity index (χ1n) is 6.45. The Morgan fingerprint density at radius 2 is 2.13 bits per heavy atom. The van der Waals surface area contributed by atoms with Crippen LogP contribution in [0.25, 0.3) is 0 Å². The SMILES string of the molecule is COc1ccc(CS/C(N)=N/N=C/c2ccc([N+](=O)[O-])o2)cc1. The number of nitrogens with zero attached hydrogens (tertiary/aromatic N) is 3. The minimum absolute atomic E-state index is 0.230. The van der Waals surface area contributed by atoms with E-state index >= 15 is 0 Å². The van der Waals surface area contributed by atoms with Crippen LogP contribution >= 0.6 is 11.8 Å². The molecule has 1 heterocycles. The number of amidine groups is 1. The second-order valence-electron chi connectivity index (χ2n) is 4.25. The smallest absolute Gasteiger partial charge is 0.433 e. The van der Waals surface area contributed by atoms with E-state index in [0.717, 1.165) is 11.3 Å². The van der Waals surface area contributed by atoms with Gasteiger partial charge in [0.25, 0.3) is 0 Å². The maximum absolute atomic E-state index is 10.5. The lowest BCUT2D eigenvalue weighted by molar-refractivity contribution is -0.402. The highest BCUT2D eigenvalue weighted by Gasteiger charge is 2.10. The molecule has 9 heteroatoms. The van der Waals surface area contributed by atoms with Gasteiger partial charge >= 0.3 is 5.88 Å². The van der Waals surface area contributed by atoms with Crippen LogP contribution in [0.2, 0.25) is 0 Å². The molecule has 8 nitrogen and oxygen atoms in total. The molecular formula is C14H14N4O4S. The van der Waals surface area contributed by atoms with E-state index in [-0.39, 0.29) is 16.8 Å². The third kappa shape index (κ3) is 5.15. The molecule has 0 aliphatic carbocycles. The normalized spacial score (nSPS) is 11.8. The quantitative estimate of drug-likeness (QED) is 0.376. The van der Waals surface area contributed by atoms with Crippen LogP contribution in [-0.2, 0) is 5.75 Å². The molecular weight excluding hydrogens is 320 g/mol. The summed E-state index contributed by atoms with van der Waals surface area (Å²) in [5, 5.41) is 18.3. The number of furan rings is 1. The monoisotopic (exact) mass is 334 g/mol. The summed E-state index contributed by atoms with van der Waals surface area (Å²) >= 11 is 1.32. The number of benzene rings is 1. The Morgan fingerprint density at radius 3 is 2.74 bits per heavy atom. The van der Waals surface area contributed by atoms with E-state index in [1.807, 2.05) is 24.3 Å². The van der Waals surface area contributed by atoms with E-state index in [2.05, 4.69) is 10.2 Å². The van der Waals surface area contributed by atoms with E-state index in [0.29, 0.717) is 5.75 Å². The van der Waals surface area contributed by atoms with Crippen LogP contribution in [0.5, 0.6) is 5.75 Å². The molecule has 0 atom stereocenters. The highest BCUT2D eigenvalue weighted by Crippen LogP contribution is 2.17. The lowest BCUT2D eigenvalue weighted by Gasteiger charge is -2.02. The van der Waals surface area contributed by atoms with Gasteiger partial charge in [0.05, 0.1) is 19.4 Å². The summed E-state index contributed by atoms with van der Waals surface area (Å²) in [6.45, 7) is 0. The molecule has 120 valence electrons. The number of hydrogen-bond donors (Lipinski definition) is 1. The summed E-state index contributed by atoms with van der Waals surface area (Å²) in [5.74, 6) is 1.31. The van der Waals surface area contributed by atoms with Crippen LogP contribution in [-0.4, -0.2) is 23.4 Å². The molecule has 1 aromatic heterocycles. The van der Waals surface area contributed by atoms with Gasteiger partial charge in [-0.3, -0.25) is 10.1 Å². The maximum atomic E-state index is 10.5. The van der Waals surface area contributed by atoms with Gasteiger partial charge in [-0.25, -0.2) is 0 Å². The van der Waals surface area contributed by atoms with Crippen molar-refractivity contribution in [3.8, 4) is 5.75 Å².